The second-order valence-corrected chi connectivity index (χ2v) is 6.88. The van der Waals surface area contributed by atoms with Crippen molar-refractivity contribution in [1.82, 2.24) is 4.31 Å². The van der Waals surface area contributed by atoms with Crippen molar-refractivity contribution in [3.8, 4) is 0 Å². The molecule has 1 fully saturated rings. The van der Waals surface area contributed by atoms with Gasteiger partial charge in [0.2, 0.25) is 10.0 Å². The molecule has 8 heteroatoms. The Bertz CT molecular complexity index is 624. The number of hydrogen-bond donors (Lipinski definition) is 1. The maximum atomic E-state index is 12.5. The van der Waals surface area contributed by atoms with Gasteiger partial charge in [-0.3, -0.25) is 10.1 Å². The standard InChI is InChI=1S/C13H19N3O4S/c1-2-7-14-11-5-6-13(12(10-11)16(17)18)21(19,20)15-8-3-4-9-15/h5-6,10,14H,2-4,7-9H2,1H3. The van der Waals surface area contributed by atoms with Gasteiger partial charge in [0.15, 0.2) is 4.90 Å². The average Bonchev–Trinajstić information content (AvgIpc) is 2.99. The fourth-order valence-corrected chi connectivity index (χ4v) is 3.98. The molecule has 2 rings (SSSR count). The number of nitro benzene ring substituents is 1. The highest BCUT2D eigenvalue weighted by Gasteiger charge is 2.33. The number of nitrogens with zero attached hydrogens (tertiary/aromatic N) is 2. The third-order valence-electron chi connectivity index (χ3n) is 3.42. The van der Waals surface area contributed by atoms with E-state index < -0.39 is 14.9 Å². The maximum absolute atomic E-state index is 12.5. The zero-order valence-corrected chi connectivity index (χ0v) is 12.7. The summed E-state index contributed by atoms with van der Waals surface area (Å²) in [4.78, 5) is 10.3. The highest BCUT2D eigenvalue weighted by atomic mass is 32.2. The Morgan fingerprint density at radius 1 is 1.33 bits per heavy atom. The van der Waals surface area contributed by atoms with Crippen LogP contribution in [0.2, 0.25) is 0 Å². The molecule has 1 aliphatic heterocycles. The third-order valence-corrected chi connectivity index (χ3v) is 5.36. The number of nitro groups is 1. The molecule has 0 spiro atoms. The highest BCUT2D eigenvalue weighted by Crippen LogP contribution is 2.31. The lowest BCUT2D eigenvalue weighted by Crippen LogP contribution is -2.28. The van der Waals surface area contributed by atoms with Crippen molar-refractivity contribution in [3.05, 3.63) is 28.3 Å². The molecule has 0 radical (unpaired) electrons. The minimum atomic E-state index is -3.79. The largest absolute Gasteiger partial charge is 0.385 e. The van der Waals surface area contributed by atoms with Gasteiger partial charge in [-0.05, 0) is 31.4 Å². The van der Waals surface area contributed by atoms with Gasteiger partial charge in [-0.1, -0.05) is 6.92 Å². The molecule has 1 N–H and O–H groups in total. The third kappa shape index (κ3) is 3.33. The molecule has 0 atom stereocenters. The van der Waals surface area contributed by atoms with E-state index in [1.54, 1.807) is 6.07 Å². The SMILES string of the molecule is CCCNc1ccc(S(=O)(=O)N2CCCC2)c([N+](=O)[O-])c1. The number of benzene rings is 1. The van der Waals surface area contributed by atoms with Crippen molar-refractivity contribution in [2.75, 3.05) is 25.0 Å². The van der Waals surface area contributed by atoms with Crippen LogP contribution in [0.3, 0.4) is 0 Å². The van der Waals surface area contributed by atoms with Crippen LogP contribution in [-0.4, -0.2) is 37.3 Å². The normalized spacial score (nSPS) is 16.0. The fourth-order valence-electron chi connectivity index (χ4n) is 2.33. The van der Waals surface area contributed by atoms with E-state index in [0.717, 1.165) is 19.3 Å². The van der Waals surface area contributed by atoms with E-state index in [4.69, 9.17) is 0 Å². The second-order valence-electron chi connectivity index (χ2n) is 4.98. The molecule has 0 amide bonds. The molecule has 7 nitrogen and oxygen atoms in total. The molecule has 0 bridgehead atoms. The van der Waals surface area contributed by atoms with Crippen LogP contribution >= 0.6 is 0 Å². The molecule has 0 aliphatic carbocycles. The lowest BCUT2D eigenvalue weighted by molar-refractivity contribution is -0.387. The summed E-state index contributed by atoms with van der Waals surface area (Å²) < 4.78 is 26.3. The van der Waals surface area contributed by atoms with Crippen LogP contribution in [-0.2, 0) is 10.0 Å². The van der Waals surface area contributed by atoms with E-state index >= 15 is 0 Å². The molecule has 0 aromatic heterocycles. The van der Waals surface area contributed by atoms with Crippen molar-refractivity contribution in [2.45, 2.75) is 31.1 Å². The number of rotatable bonds is 6. The number of hydrogen-bond acceptors (Lipinski definition) is 5. The lowest BCUT2D eigenvalue weighted by atomic mass is 10.2. The quantitative estimate of drug-likeness (QED) is 0.642. The Labute approximate surface area is 124 Å². The van der Waals surface area contributed by atoms with Gasteiger partial charge < -0.3 is 5.32 Å². The molecule has 116 valence electrons. The van der Waals surface area contributed by atoms with Crippen LogP contribution in [0.1, 0.15) is 26.2 Å². The van der Waals surface area contributed by atoms with E-state index in [-0.39, 0.29) is 10.6 Å². The van der Waals surface area contributed by atoms with Gasteiger partial charge in [0.1, 0.15) is 0 Å². The second kappa shape index (κ2) is 6.40. The van der Waals surface area contributed by atoms with Crippen molar-refractivity contribution in [3.63, 3.8) is 0 Å². The molecular formula is C13H19N3O4S. The number of sulfonamides is 1. The van der Waals surface area contributed by atoms with E-state index in [1.807, 2.05) is 6.92 Å². The first kappa shape index (κ1) is 15.7. The first-order chi connectivity index (χ1) is 9.96. The molecule has 21 heavy (non-hydrogen) atoms. The predicted octanol–water partition coefficient (Wildman–Crippen LogP) is 2.20. The maximum Gasteiger partial charge on any atom is 0.291 e. The summed E-state index contributed by atoms with van der Waals surface area (Å²) in [5, 5.41) is 14.2. The van der Waals surface area contributed by atoms with Crippen LogP contribution < -0.4 is 5.32 Å². The molecular weight excluding hydrogens is 294 g/mol. The number of nitrogens with one attached hydrogen (secondary N) is 1. The highest BCUT2D eigenvalue weighted by molar-refractivity contribution is 7.89. The minimum absolute atomic E-state index is 0.226. The van der Waals surface area contributed by atoms with Crippen molar-refractivity contribution in [1.29, 1.82) is 0 Å². The van der Waals surface area contributed by atoms with Gasteiger partial charge in [0.25, 0.3) is 5.69 Å². The summed E-state index contributed by atoms with van der Waals surface area (Å²) >= 11 is 0. The monoisotopic (exact) mass is 313 g/mol. The topological polar surface area (TPSA) is 92.6 Å². The predicted molar refractivity (Wildman–Crippen MR) is 79.9 cm³/mol. The van der Waals surface area contributed by atoms with Gasteiger partial charge in [-0.2, -0.15) is 4.31 Å². The molecule has 0 unspecified atom stereocenters. The summed E-state index contributed by atoms with van der Waals surface area (Å²) in [5.41, 5.74) is 0.187. The summed E-state index contributed by atoms with van der Waals surface area (Å²) in [6.45, 7) is 3.51. The van der Waals surface area contributed by atoms with E-state index in [1.165, 1.54) is 16.4 Å². The number of anilines is 1. The van der Waals surface area contributed by atoms with Crippen molar-refractivity contribution < 1.29 is 13.3 Å². The van der Waals surface area contributed by atoms with Crippen LogP contribution in [0.4, 0.5) is 11.4 Å². The molecule has 1 aromatic carbocycles. The van der Waals surface area contributed by atoms with Gasteiger partial charge >= 0.3 is 0 Å². The van der Waals surface area contributed by atoms with E-state index in [0.29, 0.717) is 25.3 Å². The van der Waals surface area contributed by atoms with Crippen LogP contribution in [0, 0.1) is 10.1 Å². The van der Waals surface area contributed by atoms with Gasteiger partial charge in [0, 0.05) is 31.4 Å². The smallest absolute Gasteiger partial charge is 0.291 e. The van der Waals surface area contributed by atoms with Gasteiger partial charge in [0.05, 0.1) is 4.92 Å². The van der Waals surface area contributed by atoms with Crippen molar-refractivity contribution >= 4 is 21.4 Å². The van der Waals surface area contributed by atoms with Gasteiger partial charge in [-0.15, -0.1) is 0 Å². The summed E-state index contributed by atoms with van der Waals surface area (Å²) in [7, 11) is -3.79. The summed E-state index contributed by atoms with van der Waals surface area (Å²) in [6.07, 6.45) is 2.47. The van der Waals surface area contributed by atoms with Gasteiger partial charge in [-0.25, -0.2) is 8.42 Å². The zero-order valence-electron chi connectivity index (χ0n) is 11.9. The lowest BCUT2D eigenvalue weighted by Gasteiger charge is -2.16. The van der Waals surface area contributed by atoms with Crippen molar-refractivity contribution in [2.24, 2.45) is 0 Å². The Hall–Kier alpha value is -1.67. The molecule has 1 aromatic rings. The Morgan fingerprint density at radius 2 is 2.00 bits per heavy atom. The molecule has 1 heterocycles. The van der Waals surface area contributed by atoms with Crippen LogP contribution in [0.5, 0.6) is 0 Å². The first-order valence-corrected chi connectivity index (χ1v) is 8.43. The Kier molecular flexibility index (Phi) is 4.79. The average molecular weight is 313 g/mol. The van der Waals surface area contributed by atoms with Crippen LogP contribution in [0.15, 0.2) is 23.1 Å². The zero-order chi connectivity index (χ0) is 15.5. The van der Waals surface area contributed by atoms with E-state index in [9.17, 15) is 18.5 Å². The minimum Gasteiger partial charge on any atom is -0.385 e. The summed E-state index contributed by atoms with van der Waals surface area (Å²) in [6, 6.07) is 4.19. The Balaban J connectivity index is 2.40. The fraction of sp³-hybridized carbons (Fsp3) is 0.538. The van der Waals surface area contributed by atoms with E-state index in [2.05, 4.69) is 5.32 Å². The molecule has 1 saturated heterocycles. The Morgan fingerprint density at radius 3 is 2.57 bits per heavy atom. The summed E-state index contributed by atoms with van der Waals surface area (Å²) in [5.74, 6) is 0. The molecule has 1 aliphatic rings. The molecule has 0 saturated carbocycles. The van der Waals surface area contributed by atoms with Crippen LogP contribution in [0.25, 0.3) is 0 Å². The first-order valence-electron chi connectivity index (χ1n) is 6.99.